The van der Waals surface area contributed by atoms with Gasteiger partial charge in [0.15, 0.2) is 0 Å². The van der Waals surface area contributed by atoms with Gasteiger partial charge in [-0.25, -0.2) is 0 Å². The Hall–Kier alpha value is -1.34. The molecule has 2 saturated carbocycles. The van der Waals surface area contributed by atoms with Gasteiger partial charge in [0.1, 0.15) is 6.10 Å². The lowest BCUT2D eigenvalue weighted by Gasteiger charge is -2.31. The van der Waals surface area contributed by atoms with Crippen molar-refractivity contribution >= 4 is 11.9 Å². The average Bonchev–Trinajstić information content (AvgIpc) is 3.47. The molecule has 0 amide bonds. The van der Waals surface area contributed by atoms with Gasteiger partial charge < -0.3 is 33.5 Å². The number of carbonyl (C=O) groups excluding carboxylic acids is 2. The number of hydrogen-bond donors (Lipinski definition) is 1. The number of likely N-dealkylation sites (tertiary alicyclic amines) is 2. The lowest BCUT2D eigenvalue weighted by atomic mass is 9.87. The summed E-state index contributed by atoms with van der Waals surface area (Å²) in [5.41, 5.74) is 0. The zero-order chi connectivity index (χ0) is 33.6. The van der Waals surface area contributed by atoms with E-state index in [2.05, 4.69) is 30.7 Å². The Morgan fingerprint density at radius 1 is 0.609 bits per heavy atom. The molecular formula is C35H64N2O9. The fraction of sp³-hybridized carbons (Fsp3) is 0.943. The van der Waals surface area contributed by atoms with Crippen molar-refractivity contribution in [3.05, 3.63) is 0 Å². The van der Waals surface area contributed by atoms with E-state index < -0.39 is 6.10 Å². The minimum Gasteiger partial charge on any atom is -0.466 e. The van der Waals surface area contributed by atoms with Crippen LogP contribution in [-0.4, -0.2) is 136 Å². The Kier molecular flexibility index (Phi) is 17.2. The van der Waals surface area contributed by atoms with Gasteiger partial charge in [-0.2, -0.15) is 0 Å². The third-order valence-electron chi connectivity index (χ3n) is 10.2. The predicted molar refractivity (Wildman–Crippen MR) is 175 cm³/mol. The number of hydrogen-bond acceptors (Lipinski definition) is 11. The molecule has 4 rings (SSSR count). The largest absolute Gasteiger partial charge is 0.466 e. The molecule has 0 aromatic rings. The van der Waals surface area contributed by atoms with E-state index in [1.165, 1.54) is 0 Å². The first-order valence-corrected chi connectivity index (χ1v) is 18.0. The van der Waals surface area contributed by atoms with Crippen LogP contribution in [0.3, 0.4) is 0 Å². The molecule has 2 aliphatic heterocycles. The van der Waals surface area contributed by atoms with Crippen LogP contribution in [0, 0.1) is 17.8 Å². The normalized spacial score (nSPS) is 35.4. The van der Waals surface area contributed by atoms with Gasteiger partial charge in [0.25, 0.3) is 0 Å². The highest BCUT2D eigenvalue weighted by Crippen LogP contribution is 2.31. The molecule has 6 atom stereocenters. The second-order valence-electron chi connectivity index (χ2n) is 13.5. The van der Waals surface area contributed by atoms with E-state index >= 15 is 0 Å². The third kappa shape index (κ3) is 11.4. The summed E-state index contributed by atoms with van der Waals surface area (Å²) in [5.74, 6) is 0.544. The Bertz CT molecular complexity index is 808. The third-order valence-corrected chi connectivity index (χ3v) is 10.2. The molecule has 1 N–H and O–H groups in total. The van der Waals surface area contributed by atoms with Crippen LogP contribution in [-0.2, 0) is 38.0 Å². The number of carbonyl (C=O) groups is 2. The number of esters is 2. The van der Waals surface area contributed by atoms with Crippen molar-refractivity contribution in [2.24, 2.45) is 17.8 Å². The highest BCUT2D eigenvalue weighted by atomic mass is 16.5. The minimum atomic E-state index is -0.451. The van der Waals surface area contributed by atoms with Gasteiger partial charge in [-0.3, -0.25) is 19.4 Å². The number of rotatable bonds is 14. The zero-order valence-electron chi connectivity index (χ0n) is 29.7. The van der Waals surface area contributed by atoms with Crippen LogP contribution in [0.2, 0.25) is 0 Å². The van der Waals surface area contributed by atoms with Crippen molar-refractivity contribution < 1.29 is 43.1 Å². The number of nitrogens with zero attached hydrogens (tertiary/aromatic N) is 2. The second-order valence-corrected chi connectivity index (χ2v) is 13.5. The van der Waals surface area contributed by atoms with Crippen LogP contribution in [0.1, 0.15) is 86.0 Å². The quantitative estimate of drug-likeness (QED) is 0.276. The summed E-state index contributed by atoms with van der Waals surface area (Å²) >= 11 is 0. The highest BCUT2D eigenvalue weighted by molar-refractivity contribution is 5.72. The van der Waals surface area contributed by atoms with Crippen molar-refractivity contribution in [2.75, 3.05) is 66.8 Å². The molecule has 2 aliphatic carbocycles. The van der Waals surface area contributed by atoms with Crippen molar-refractivity contribution in [2.45, 2.75) is 129 Å². The molecular weight excluding hydrogens is 592 g/mol. The smallest absolute Gasteiger partial charge is 0.308 e. The fourth-order valence-corrected chi connectivity index (χ4v) is 7.61. The van der Waals surface area contributed by atoms with Gasteiger partial charge in [-0.15, -0.1) is 0 Å². The van der Waals surface area contributed by atoms with Crippen LogP contribution in [0.5, 0.6) is 0 Å². The Morgan fingerprint density at radius 3 is 1.46 bits per heavy atom. The van der Waals surface area contributed by atoms with Crippen molar-refractivity contribution in [1.82, 2.24) is 9.80 Å². The lowest BCUT2D eigenvalue weighted by Crippen LogP contribution is -2.41. The average molecular weight is 657 g/mol. The van der Waals surface area contributed by atoms with Crippen molar-refractivity contribution in [1.29, 1.82) is 0 Å². The molecule has 11 heteroatoms. The van der Waals surface area contributed by atoms with E-state index in [1.807, 2.05) is 27.8 Å². The Morgan fingerprint density at radius 2 is 1.02 bits per heavy atom. The number of β-amino-alcohol motifs (C(OH)–C–C–N with tert-alkyl or cyclic N) is 1. The summed E-state index contributed by atoms with van der Waals surface area (Å²) in [7, 11) is 4.15. The van der Waals surface area contributed by atoms with Crippen LogP contribution < -0.4 is 0 Å². The van der Waals surface area contributed by atoms with Gasteiger partial charge in [0.05, 0.1) is 74.8 Å². The van der Waals surface area contributed by atoms with Gasteiger partial charge >= 0.3 is 11.9 Å². The summed E-state index contributed by atoms with van der Waals surface area (Å²) in [6.45, 7) is 15.2. The maximum Gasteiger partial charge on any atom is 0.308 e. The van der Waals surface area contributed by atoms with E-state index in [1.54, 1.807) is 0 Å². The molecule has 0 radical (unpaired) electrons. The first-order chi connectivity index (χ1) is 22.1. The number of ether oxygens (including phenoxy) is 6. The van der Waals surface area contributed by atoms with E-state index in [4.69, 9.17) is 28.4 Å². The monoisotopic (exact) mass is 656 g/mol. The molecule has 2 saturated heterocycles. The van der Waals surface area contributed by atoms with Crippen LogP contribution in [0.25, 0.3) is 0 Å². The first-order valence-electron chi connectivity index (χ1n) is 18.0. The molecule has 46 heavy (non-hydrogen) atoms. The van der Waals surface area contributed by atoms with Gasteiger partial charge in [0.2, 0.25) is 0 Å². The number of aliphatic hydroxyl groups is 1. The fourth-order valence-electron chi connectivity index (χ4n) is 7.61. The summed E-state index contributed by atoms with van der Waals surface area (Å²) in [6.07, 6.45) is 7.22. The van der Waals surface area contributed by atoms with E-state index in [9.17, 15) is 14.7 Å². The zero-order valence-corrected chi connectivity index (χ0v) is 29.7. The molecule has 0 unspecified atom stereocenters. The summed E-state index contributed by atoms with van der Waals surface area (Å²) in [5, 5.41) is 10.1. The molecule has 0 aromatic carbocycles. The molecule has 0 aromatic heterocycles. The lowest BCUT2D eigenvalue weighted by molar-refractivity contribution is -0.151. The number of aliphatic hydroxyl groups excluding tert-OH is 1. The summed E-state index contributed by atoms with van der Waals surface area (Å²) in [6, 6.07) is 0.431. The van der Waals surface area contributed by atoms with Crippen LogP contribution >= 0.6 is 0 Å². The Balaban J connectivity index is 0.000000250. The summed E-state index contributed by atoms with van der Waals surface area (Å²) in [4.78, 5) is 28.0. The van der Waals surface area contributed by atoms with Crippen molar-refractivity contribution in [3.8, 4) is 0 Å². The molecule has 4 aliphatic rings. The van der Waals surface area contributed by atoms with Crippen LogP contribution in [0.15, 0.2) is 0 Å². The van der Waals surface area contributed by atoms with Gasteiger partial charge in [-0.1, -0.05) is 6.92 Å². The second kappa shape index (κ2) is 20.2. The van der Waals surface area contributed by atoms with Crippen molar-refractivity contribution in [3.63, 3.8) is 0 Å². The standard InChI is InChI=1S/C18H33NO4.C17H31NO5/c1-5-21-17-13(3)11-19(4)16(17)12-23-15-9-7-14(8-10-15)18(20)22-6-2;1-4-21-16-14(18(3)10-15(16)19)11-23-13-8-6-12(7-9-13)17(20)22-5-2/h13-17H,5-12H2,1-4H3;12-16,19H,4-11H2,1-3H3/t13-,14?,15?,16+,17-;12?,13?,14-,15+,16-/m01/s1. The van der Waals surface area contributed by atoms with E-state index in [-0.39, 0.29) is 54.2 Å². The van der Waals surface area contributed by atoms with Gasteiger partial charge in [-0.05, 0) is 99.1 Å². The summed E-state index contributed by atoms with van der Waals surface area (Å²) < 4.78 is 34.1. The van der Waals surface area contributed by atoms with E-state index in [0.29, 0.717) is 44.9 Å². The topological polar surface area (TPSA) is 116 Å². The maximum atomic E-state index is 11.8. The van der Waals surface area contributed by atoms with E-state index in [0.717, 1.165) is 71.1 Å². The molecule has 0 spiro atoms. The molecule has 11 nitrogen and oxygen atoms in total. The first kappa shape index (κ1) is 39.1. The molecule has 0 bridgehead atoms. The molecule has 2 heterocycles. The SMILES string of the molecule is CCOC(=O)C1CCC(OC[C@@H]2[C@@H](OCC)[C@@H](C)CN2C)CC1.CCOC(=O)C1CCC(OC[C@@H]2[C@@H](OCC)[C@@H](O)CN2C)CC1. The van der Waals surface area contributed by atoms with Gasteiger partial charge in [0, 0.05) is 26.3 Å². The molecule has 268 valence electrons. The maximum absolute atomic E-state index is 11.8. The highest BCUT2D eigenvalue weighted by Gasteiger charge is 2.41. The van der Waals surface area contributed by atoms with Crippen LogP contribution in [0.4, 0.5) is 0 Å². The predicted octanol–water partition coefficient (Wildman–Crippen LogP) is 3.69. The number of likely N-dealkylation sites (N-methyl/N-ethyl adjacent to an activating group) is 2. The minimum absolute atomic E-state index is 0.0296. The Labute approximate surface area is 277 Å². The molecule has 4 fully saturated rings.